The first-order valence-electron chi connectivity index (χ1n) is 10.5. The molecule has 0 spiro atoms. The smallest absolute Gasteiger partial charge is 0.363 e. The van der Waals surface area contributed by atoms with E-state index in [-0.39, 0.29) is 21.4 Å². The number of anilines is 2. The van der Waals surface area contributed by atoms with Gasteiger partial charge in [0.1, 0.15) is 16.2 Å². The van der Waals surface area contributed by atoms with Gasteiger partial charge in [-0.25, -0.2) is 13.2 Å². The van der Waals surface area contributed by atoms with E-state index in [9.17, 15) is 13.2 Å². The third kappa shape index (κ3) is 4.71. The highest BCUT2D eigenvalue weighted by Gasteiger charge is 2.25. The Morgan fingerprint density at radius 2 is 1.84 bits per heavy atom. The van der Waals surface area contributed by atoms with E-state index >= 15 is 0 Å². The lowest BCUT2D eigenvalue weighted by atomic mass is 9.89. The lowest BCUT2D eigenvalue weighted by Gasteiger charge is -2.23. The predicted molar refractivity (Wildman–Crippen MR) is 126 cm³/mol. The summed E-state index contributed by atoms with van der Waals surface area (Å²) in [5, 5.41) is 4.19. The summed E-state index contributed by atoms with van der Waals surface area (Å²) in [5.74, 6) is 0.580. The molecule has 2 N–H and O–H groups in total. The maximum atomic E-state index is 13.2. The van der Waals surface area contributed by atoms with Crippen LogP contribution in [-0.2, 0) is 10.0 Å². The van der Waals surface area contributed by atoms with Crippen LogP contribution in [0.5, 0.6) is 5.75 Å². The third-order valence-electron chi connectivity index (χ3n) is 5.76. The average Bonchev–Trinajstić information content (AvgIpc) is 2.79. The number of benzene rings is 2. The first kappa shape index (κ1) is 22.5. The maximum Gasteiger partial charge on any atom is 0.363 e. The summed E-state index contributed by atoms with van der Waals surface area (Å²) in [4.78, 5) is 12.7. The second-order valence-electron chi connectivity index (χ2n) is 7.92. The van der Waals surface area contributed by atoms with Crippen LogP contribution in [0.1, 0.15) is 32.1 Å². The van der Waals surface area contributed by atoms with Crippen LogP contribution < -0.4 is 20.4 Å². The minimum absolute atomic E-state index is 0.115. The average molecular weight is 477 g/mol. The molecular formula is C23H25ClN2O5S. The summed E-state index contributed by atoms with van der Waals surface area (Å²) >= 11 is 6.02. The van der Waals surface area contributed by atoms with Gasteiger partial charge in [-0.1, -0.05) is 43.0 Å². The van der Waals surface area contributed by atoms with Gasteiger partial charge in [0, 0.05) is 17.0 Å². The Morgan fingerprint density at radius 1 is 1.09 bits per heavy atom. The Balaban J connectivity index is 1.77. The molecule has 0 unspecified atom stereocenters. The van der Waals surface area contributed by atoms with Crippen molar-refractivity contribution in [2.24, 2.45) is 5.92 Å². The van der Waals surface area contributed by atoms with Crippen LogP contribution in [-0.4, -0.2) is 22.1 Å². The number of nitrogens with one attached hydrogen (secondary N) is 2. The summed E-state index contributed by atoms with van der Waals surface area (Å²) in [7, 11) is -2.83. The number of para-hydroxylation sites is 1. The molecule has 170 valence electrons. The van der Waals surface area contributed by atoms with Crippen LogP contribution in [0.3, 0.4) is 0 Å². The summed E-state index contributed by atoms with van der Waals surface area (Å²) in [6.45, 7) is 0.642. The maximum absolute atomic E-state index is 13.2. The minimum atomic E-state index is -4.19. The molecule has 32 heavy (non-hydrogen) atoms. The van der Waals surface area contributed by atoms with Gasteiger partial charge in [0.05, 0.1) is 12.8 Å². The number of hydrogen-bond donors (Lipinski definition) is 2. The first-order valence-corrected chi connectivity index (χ1v) is 12.4. The van der Waals surface area contributed by atoms with Crippen molar-refractivity contribution < 1.29 is 17.6 Å². The van der Waals surface area contributed by atoms with Gasteiger partial charge in [-0.3, -0.25) is 4.72 Å². The second kappa shape index (κ2) is 9.42. The molecule has 7 nitrogen and oxygen atoms in total. The van der Waals surface area contributed by atoms with Crippen LogP contribution in [0.15, 0.2) is 56.6 Å². The zero-order valence-electron chi connectivity index (χ0n) is 17.7. The van der Waals surface area contributed by atoms with Crippen LogP contribution in [0.4, 0.5) is 11.4 Å². The number of fused-ring (bicyclic) bond motifs is 1. The van der Waals surface area contributed by atoms with E-state index in [4.69, 9.17) is 20.8 Å². The SMILES string of the molecule is COc1ccc(Cl)cc1S(=O)(=O)Nc1c(NCC2CCCCC2)c2ccccc2oc1=O. The molecule has 1 heterocycles. The fourth-order valence-electron chi connectivity index (χ4n) is 4.11. The van der Waals surface area contributed by atoms with Gasteiger partial charge in [0.2, 0.25) is 0 Å². The van der Waals surface area contributed by atoms with Gasteiger partial charge in [-0.15, -0.1) is 0 Å². The highest BCUT2D eigenvalue weighted by Crippen LogP contribution is 2.34. The van der Waals surface area contributed by atoms with Crippen LogP contribution in [0, 0.1) is 5.92 Å². The van der Waals surface area contributed by atoms with Crippen molar-refractivity contribution in [2.45, 2.75) is 37.0 Å². The Labute approximate surface area is 191 Å². The molecule has 0 radical (unpaired) electrons. The van der Waals surface area contributed by atoms with Crippen molar-refractivity contribution in [3.8, 4) is 5.75 Å². The van der Waals surface area contributed by atoms with Gasteiger partial charge in [-0.05, 0) is 49.1 Å². The highest BCUT2D eigenvalue weighted by atomic mass is 35.5. The van der Waals surface area contributed by atoms with Gasteiger partial charge in [0.25, 0.3) is 10.0 Å². The summed E-state index contributed by atoms with van der Waals surface area (Å²) in [6.07, 6.45) is 5.80. The van der Waals surface area contributed by atoms with Gasteiger partial charge < -0.3 is 14.5 Å². The summed E-state index contributed by atoms with van der Waals surface area (Å²) < 4.78 is 39.5. The number of rotatable bonds is 7. The molecule has 0 saturated heterocycles. The second-order valence-corrected chi connectivity index (χ2v) is 10.0. The van der Waals surface area contributed by atoms with Crippen molar-refractivity contribution in [1.29, 1.82) is 0 Å². The molecule has 9 heteroatoms. The molecule has 2 aromatic carbocycles. The number of hydrogen-bond acceptors (Lipinski definition) is 6. The largest absolute Gasteiger partial charge is 0.495 e. The molecule has 1 fully saturated rings. The van der Waals surface area contributed by atoms with Crippen molar-refractivity contribution >= 4 is 44.0 Å². The molecule has 0 aliphatic heterocycles. The fraction of sp³-hybridized carbons (Fsp3) is 0.348. The van der Waals surface area contributed by atoms with E-state index in [1.165, 1.54) is 44.6 Å². The Hall–Kier alpha value is -2.71. The normalized spacial score (nSPS) is 14.9. The van der Waals surface area contributed by atoms with Crippen molar-refractivity contribution in [1.82, 2.24) is 0 Å². The molecule has 1 aliphatic rings. The van der Waals surface area contributed by atoms with Crippen molar-refractivity contribution in [2.75, 3.05) is 23.7 Å². The minimum Gasteiger partial charge on any atom is -0.495 e. The standard InChI is InChI=1S/C23H25ClN2O5S/c1-30-19-12-11-16(24)13-20(19)32(28,29)26-22-21(25-14-15-7-3-2-4-8-15)17-9-5-6-10-18(17)31-23(22)27/h5-6,9-13,15,25-26H,2-4,7-8,14H2,1H3. The zero-order chi connectivity index (χ0) is 22.7. The Morgan fingerprint density at radius 3 is 2.59 bits per heavy atom. The van der Waals surface area contributed by atoms with Gasteiger partial charge in [0.15, 0.2) is 5.69 Å². The number of halogens is 1. The molecule has 1 saturated carbocycles. The molecule has 1 aromatic heterocycles. The molecule has 0 atom stereocenters. The van der Waals surface area contributed by atoms with Crippen LogP contribution in [0.25, 0.3) is 11.0 Å². The third-order valence-corrected chi connectivity index (χ3v) is 7.36. The van der Waals surface area contributed by atoms with Crippen LogP contribution >= 0.6 is 11.6 Å². The Kier molecular flexibility index (Phi) is 6.62. The van der Waals surface area contributed by atoms with E-state index in [0.717, 1.165) is 12.8 Å². The van der Waals surface area contributed by atoms with Crippen LogP contribution in [0.2, 0.25) is 5.02 Å². The molecular weight excluding hydrogens is 452 g/mol. The first-order chi connectivity index (χ1) is 15.4. The van der Waals surface area contributed by atoms with E-state index in [2.05, 4.69) is 10.0 Å². The van der Waals surface area contributed by atoms with Gasteiger partial charge >= 0.3 is 5.63 Å². The summed E-state index contributed by atoms with van der Waals surface area (Å²) in [5.41, 5.74) is -0.153. The fourth-order valence-corrected chi connectivity index (χ4v) is 5.61. The summed E-state index contributed by atoms with van der Waals surface area (Å²) in [6, 6.07) is 11.3. The lowest BCUT2D eigenvalue weighted by molar-refractivity contribution is 0.373. The van der Waals surface area contributed by atoms with E-state index in [0.29, 0.717) is 29.1 Å². The Bertz CT molecular complexity index is 1280. The number of sulfonamides is 1. The predicted octanol–water partition coefficient (Wildman–Crippen LogP) is 5.25. The van der Waals surface area contributed by atoms with Crippen molar-refractivity contribution in [3.63, 3.8) is 0 Å². The van der Waals surface area contributed by atoms with E-state index in [1.807, 2.05) is 6.07 Å². The zero-order valence-corrected chi connectivity index (χ0v) is 19.3. The molecule has 0 amide bonds. The van der Waals surface area contributed by atoms with Gasteiger partial charge in [-0.2, -0.15) is 0 Å². The number of ether oxygens (including phenoxy) is 1. The van der Waals surface area contributed by atoms with E-state index in [1.54, 1.807) is 18.2 Å². The molecule has 1 aliphatic carbocycles. The van der Waals surface area contributed by atoms with E-state index < -0.39 is 15.6 Å². The molecule has 0 bridgehead atoms. The monoisotopic (exact) mass is 476 g/mol. The lowest BCUT2D eigenvalue weighted by Crippen LogP contribution is -2.23. The molecule has 3 aromatic rings. The topological polar surface area (TPSA) is 97.6 Å². The van der Waals surface area contributed by atoms with Crippen molar-refractivity contribution in [3.05, 3.63) is 57.9 Å². The number of methoxy groups -OCH3 is 1. The molecule has 4 rings (SSSR count). The highest BCUT2D eigenvalue weighted by molar-refractivity contribution is 7.92. The quantitative estimate of drug-likeness (QED) is 0.452.